The van der Waals surface area contributed by atoms with Crippen LogP contribution in [0, 0.1) is 17.0 Å². The molecule has 0 saturated carbocycles. The first-order valence-electron chi connectivity index (χ1n) is 10.9. The largest absolute Gasteiger partial charge is 0.443 e. The van der Waals surface area contributed by atoms with E-state index in [1.165, 1.54) is 30.8 Å². The number of fused-ring (bicyclic) bond motifs is 1. The lowest BCUT2D eigenvalue weighted by molar-refractivity contribution is 0.0735. The van der Waals surface area contributed by atoms with Crippen molar-refractivity contribution in [1.82, 2.24) is 15.2 Å². The highest BCUT2D eigenvalue weighted by molar-refractivity contribution is 5.99. The summed E-state index contributed by atoms with van der Waals surface area (Å²) in [5, 5.41) is 2.89. The molecule has 1 spiro atoms. The van der Waals surface area contributed by atoms with Crippen molar-refractivity contribution in [3.05, 3.63) is 77.3 Å². The van der Waals surface area contributed by atoms with Gasteiger partial charge in [0.1, 0.15) is 11.6 Å². The summed E-state index contributed by atoms with van der Waals surface area (Å²) in [5.41, 5.74) is 2.24. The monoisotopic (exact) mass is 451 g/mol. The molecule has 2 amide bonds. The Bertz CT molecular complexity index is 1200. The zero-order valence-electron chi connectivity index (χ0n) is 17.9. The Hall–Kier alpha value is -3.55. The molecule has 1 aromatic heterocycles. The lowest BCUT2D eigenvalue weighted by Gasteiger charge is -2.44. The van der Waals surface area contributed by atoms with Crippen molar-refractivity contribution in [2.24, 2.45) is 5.41 Å². The molecular formula is C25H23F2N3O3. The van der Waals surface area contributed by atoms with Gasteiger partial charge < -0.3 is 14.6 Å². The van der Waals surface area contributed by atoms with Crippen LogP contribution in [0.4, 0.5) is 13.6 Å². The number of halogens is 2. The summed E-state index contributed by atoms with van der Waals surface area (Å²) in [5.74, 6) is -0.506. The molecule has 1 aliphatic carbocycles. The van der Waals surface area contributed by atoms with Gasteiger partial charge in [-0.15, -0.1) is 0 Å². The second-order valence-corrected chi connectivity index (χ2v) is 8.90. The molecule has 0 atom stereocenters. The van der Waals surface area contributed by atoms with Gasteiger partial charge in [0.15, 0.2) is 17.9 Å². The first kappa shape index (κ1) is 21.3. The van der Waals surface area contributed by atoms with Gasteiger partial charge in [0.05, 0.1) is 11.8 Å². The molecule has 8 heteroatoms. The zero-order valence-corrected chi connectivity index (χ0v) is 17.9. The van der Waals surface area contributed by atoms with Gasteiger partial charge in [-0.25, -0.2) is 18.6 Å². The van der Waals surface area contributed by atoms with E-state index >= 15 is 0 Å². The van der Waals surface area contributed by atoms with E-state index in [-0.39, 0.29) is 23.8 Å². The van der Waals surface area contributed by atoms with Crippen LogP contribution in [0.25, 0.3) is 11.3 Å². The highest BCUT2D eigenvalue weighted by Crippen LogP contribution is 2.43. The van der Waals surface area contributed by atoms with E-state index in [4.69, 9.17) is 4.42 Å². The Morgan fingerprint density at radius 1 is 1.09 bits per heavy atom. The second kappa shape index (κ2) is 8.42. The molecule has 2 aliphatic rings. The van der Waals surface area contributed by atoms with E-state index < -0.39 is 11.6 Å². The predicted octanol–water partition coefficient (Wildman–Crippen LogP) is 4.74. The van der Waals surface area contributed by atoms with Crippen LogP contribution >= 0.6 is 0 Å². The Morgan fingerprint density at radius 2 is 1.91 bits per heavy atom. The fraction of sp³-hybridized carbons (Fsp3) is 0.320. The molecule has 1 fully saturated rings. The molecule has 0 radical (unpaired) electrons. The summed E-state index contributed by atoms with van der Waals surface area (Å²) in [6, 6.07) is 8.84. The van der Waals surface area contributed by atoms with E-state index in [1.54, 1.807) is 23.1 Å². The Labute approximate surface area is 189 Å². The number of rotatable bonds is 3. The normalized spacial score (nSPS) is 17.2. The molecule has 6 nitrogen and oxygen atoms in total. The topological polar surface area (TPSA) is 75.4 Å². The number of oxazole rings is 1. The van der Waals surface area contributed by atoms with E-state index in [0.29, 0.717) is 36.4 Å². The van der Waals surface area contributed by atoms with Crippen LogP contribution in [-0.2, 0) is 13.0 Å². The standard InChI is InChI=1S/C25H23F2N3O3/c26-18-3-2-17-11-25(12-22(31)19(17)10-18)5-7-30(8-6-25)24(32)29-13-16-1-4-21(27)20(9-16)23-14-28-15-33-23/h1-4,9-10,14-15H,5-8,11-13H2,(H,29,32). The average Bonchev–Trinajstić information content (AvgIpc) is 3.34. The number of nitrogens with one attached hydrogen (secondary N) is 1. The first-order chi connectivity index (χ1) is 15.9. The highest BCUT2D eigenvalue weighted by atomic mass is 19.1. The molecule has 1 saturated heterocycles. The summed E-state index contributed by atoms with van der Waals surface area (Å²) in [4.78, 5) is 30.9. The quantitative estimate of drug-likeness (QED) is 0.624. The van der Waals surface area contributed by atoms with Crippen molar-refractivity contribution in [2.45, 2.75) is 32.2 Å². The predicted molar refractivity (Wildman–Crippen MR) is 116 cm³/mol. The van der Waals surface area contributed by atoms with E-state index in [1.807, 2.05) is 0 Å². The lowest BCUT2D eigenvalue weighted by Crippen LogP contribution is -2.49. The molecule has 1 aliphatic heterocycles. The number of hydrogen-bond acceptors (Lipinski definition) is 4. The van der Waals surface area contributed by atoms with Gasteiger partial charge in [-0.3, -0.25) is 4.79 Å². The van der Waals surface area contributed by atoms with Gasteiger partial charge in [0.2, 0.25) is 0 Å². The molecule has 0 unspecified atom stereocenters. The number of urea groups is 1. The molecule has 0 bridgehead atoms. The van der Waals surface area contributed by atoms with Gasteiger partial charge in [0, 0.05) is 31.6 Å². The van der Waals surface area contributed by atoms with E-state index in [0.717, 1.165) is 30.4 Å². The Kier molecular flexibility index (Phi) is 5.44. The number of benzene rings is 2. The van der Waals surface area contributed by atoms with Gasteiger partial charge >= 0.3 is 6.03 Å². The van der Waals surface area contributed by atoms with Crippen LogP contribution in [0.3, 0.4) is 0 Å². The van der Waals surface area contributed by atoms with Crippen LogP contribution in [0.15, 0.2) is 53.4 Å². The molecule has 2 heterocycles. The molecule has 170 valence electrons. The van der Waals surface area contributed by atoms with Crippen LogP contribution in [-0.4, -0.2) is 34.8 Å². The number of carbonyl (C=O) groups excluding carboxylic acids is 2. The minimum atomic E-state index is -0.422. The van der Waals surface area contributed by atoms with Gasteiger partial charge in [-0.05, 0) is 60.1 Å². The summed E-state index contributed by atoms with van der Waals surface area (Å²) < 4.78 is 32.8. The maximum absolute atomic E-state index is 14.1. The maximum atomic E-state index is 14.1. The maximum Gasteiger partial charge on any atom is 0.317 e. The fourth-order valence-corrected chi connectivity index (χ4v) is 4.91. The Morgan fingerprint density at radius 3 is 2.67 bits per heavy atom. The third-order valence-corrected chi connectivity index (χ3v) is 6.76. The number of piperidine rings is 1. The van der Waals surface area contributed by atoms with Crippen LogP contribution in [0.1, 0.15) is 40.7 Å². The summed E-state index contributed by atoms with van der Waals surface area (Å²) in [6.07, 6.45) is 5.23. The smallest absolute Gasteiger partial charge is 0.317 e. The average molecular weight is 451 g/mol. The number of Topliss-reactive ketones (excluding diaryl/α,β-unsaturated/α-hetero) is 1. The van der Waals surface area contributed by atoms with Gasteiger partial charge in [-0.1, -0.05) is 12.1 Å². The minimum absolute atomic E-state index is 0.0208. The SMILES string of the molecule is O=C1CC2(CCN(C(=O)NCc3ccc(F)c(-c4cnco4)c3)CC2)Cc2ccc(F)cc21. The third-order valence-electron chi connectivity index (χ3n) is 6.76. The second-order valence-electron chi connectivity index (χ2n) is 8.90. The summed E-state index contributed by atoms with van der Waals surface area (Å²) in [6.45, 7) is 1.34. The summed E-state index contributed by atoms with van der Waals surface area (Å²) >= 11 is 0. The first-order valence-corrected chi connectivity index (χ1v) is 10.9. The number of hydrogen-bond donors (Lipinski definition) is 1. The van der Waals surface area contributed by atoms with Crippen LogP contribution in [0.2, 0.25) is 0 Å². The fourth-order valence-electron chi connectivity index (χ4n) is 4.91. The summed E-state index contributed by atoms with van der Waals surface area (Å²) in [7, 11) is 0. The number of nitrogens with zero attached hydrogens (tertiary/aromatic N) is 2. The van der Waals surface area contributed by atoms with E-state index in [9.17, 15) is 18.4 Å². The number of amides is 2. The molecule has 1 N–H and O–H groups in total. The van der Waals surface area contributed by atoms with Gasteiger partial charge in [0.25, 0.3) is 0 Å². The van der Waals surface area contributed by atoms with Crippen LogP contribution in [0.5, 0.6) is 0 Å². The van der Waals surface area contributed by atoms with Crippen molar-refractivity contribution in [1.29, 1.82) is 0 Å². The molecular weight excluding hydrogens is 428 g/mol. The molecule has 33 heavy (non-hydrogen) atoms. The highest BCUT2D eigenvalue weighted by Gasteiger charge is 2.41. The van der Waals surface area contributed by atoms with Crippen LogP contribution < -0.4 is 5.32 Å². The lowest BCUT2D eigenvalue weighted by atomic mass is 9.66. The molecule has 3 aromatic rings. The van der Waals surface area contributed by atoms with Crippen molar-refractivity contribution >= 4 is 11.8 Å². The number of carbonyl (C=O) groups is 2. The van der Waals surface area contributed by atoms with Crippen molar-refractivity contribution in [3.63, 3.8) is 0 Å². The number of likely N-dealkylation sites (tertiary alicyclic amines) is 1. The molecule has 2 aromatic carbocycles. The molecule has 5 rings (SSSR count). The van der Waals surface area contributed by atoms with Crippen molar-refractivity contribution in [2.75, 3.05) is 13.1 Å². The van der Waals surface area contributed by atoms with Crippen molar-refractivity contribution < 1.29 is 22.8 Å². The Balaban J connectivity index is 1.19. The minimum Gasteiger partial charge on any atom is -0.443 e. The number of ketones is 1. The number of aromatic nitrogens is 1. The van der Waals surface area contributed by atoms with Crippen molar-refractivity contribution in [3.8, 4) is 11.3 Å². The third kappa shape index (κ3) is 4.25. The van der Waals surface area contributed by atoms with E-state index in [2.05, 4.69) is 10.3 Å². The zero-order chi connectivity index (χ0) is 23.0. The van der Waals surface area contributed by atoms with Gasteiger partial charge in [-0.2, -0.15) is 0 Å².